The lowest BCUT2D eigenvalue weighted by molar-refractivity contribution is 0.258. The number of nitrogens with zero attached hydrogens (tertiary/aromatic N) is 4. The summed E-state index contributed by atoms with van der Waals surface area (Å²) in [4.78, 5) is 14.2. The molecule has 1 aromatic heterocycles. The molecular formula is C29H54N8. The maximum atomic E-state index is 6.15. The van der Waals surface area contributed by atoms with Crippen LogP contribution in [0.3, 0.4) is 0 Å². The van der Waals surface area contributed by atoms with E-state index in [1.54, 1.807) is 0 Å². The molecule has 0 atom stereocenters. The van der Waals surface area contributed by atoms with Crippen molar-refractivity contribution in [3.63, 3.8) is 0 Å². The normalized spacial score (nSPS) is 23.9. The molecule has 1 aliphatic heterocycles. The van der Waals surface area contributed by atoms with Crippen LogP contribution in [0.15, 0.2) is 6.07 Å². The summed E-state index contributed by atoms with van der Waals surface area (Å²) in [7, 11) is 0. The Kier molecular flexibility index (Phi) is 12.0. The highest BCUT2D eigenvalue weighted by molar-refractivity contribution is 5.51. The Bertz CT molecular complexity index is 752. The van der Waals surface area contributed by atoms with Crippen LogP contribution in [-0.4, -0.2) is 80.3 Å². The summed E-state index contributed by atoms with van der Waals surface area (Å²) in [5.41, 5.74) is 6.15. The molecule has 210 valence electrons. The van der Waals surface area contributed by atoms with Crippen LogP contribution in [0, 0.1) is 17.8 Å². The van der Waals surface area contributed by atoms with Crippen LogP contribution in [0.2, 0.25) is 0 Å². The topological polar surface area (TPSA) is 94.4 Å². The van der Waals surface area contributed by atoms with Crippen LogP contribution in [0.25, 0.3) is 0 Å². The molecule has 1 aromatic rings. The average molecular weight is 515 g/mol. The van der Waals surface area contributed by atoms with Crippen LogP contribution < -0.4 is 26.6 Å². The Labute approximate surface area is 225 Å². The van der Waals surface area contributed by atoms with Crippen molar-refractivity contribution in [2.24, 2.45) is 17.8 Å². The highest BCUT2D eigenvalue weighted by Gasteiger charge is 2.22. The van der Waals surface area contributed by atoms with Crippen molar-refractivity contribution in [1.29, 1.82) is 0 Å². The summed E-state index contributed by atoms with van der Waals surface area (Å²) in [6, 6.07) is 1.92. The zero-order valence-electron chi connectivity index (χ0n) is 23.5. The van der Waals surface area contributed by atoms with E-state index in [9.17, 15) is 0 Å². The summed E-state index contributed by atoms with van der Waals surface area (Å²) in [6.45, 7) is 13.3. The van der Waals surface area contributed by atoms with Gasteiger partial charge in [0, 0.05) is 38.8 Å². The molecule has 2 heterocycles. The van der Waals surface area contributed by atoms with Crippen molar-refractivity contribution in [3.05, 3.63) is 6.07 Å². The first-order valence-corrected chi connectivity index (χ1v) is 15.5. The van der Waals surface area contributed by atoms with Crippen LogP contribution in [0.5, 0.6) is 0 Å². The molecule has 0 aromatic carbocycles. The van der Waals surface area contributed by atoms with Crippen molar-refractivity contribution >= 4 is 17.6 Å². The van der Waals surface area contributed by atoms with Crippen LogP contribution in [0.4, 0.5) is 17.6 Å². The lowest BCUT2D eigenvalue weighted by Gasteiger charge is -2.35. The first-order chi connectivity index (χ1) is 18.2. The molecule has 8 heteroatoms. The molecule has 8 nitrogen and oxygen atoms in total. The maximum absolute atomic E-state index is 6.15. The van der Waals surface area contributed by atoms with Gasteiger partial charge in [-0.1, -0.05) is 26.2 Å². The van der Waals surface area contributed by atoms with E-state index in [1.807, 2.05) is 6.07 Å². The van der Waals surface area contributed by atoms with E-state index in [2.05, 4.69) is 37.7 Å². The van der Waals surface area contributed by atoms with Gasteiger partial charge >= 0.3 is 0 Å². The number of hydrogen-bond acceptors (Lipinski definition) is 8. The highest BCUT2D eigenvalue weighted by atomic mass is 15.3. The summed E-state index contributed by atoms with van der Waals surface area (Å²) in [5, 5.41) is 10.9. The first-order valence-electron chi connectivity index (χ1n) is 15.5. The number of anilines is 3. The third-order valence-electron chi connectivity index (χ3n) is 8.78. The fourth-order valence-corrected chi connectivity index (χ4v) is 6.43. The van der Waals surface area contributed by atoms with E-state index in [1.165, 1.54) is 90.3 Å². The van der Waals surface area contributed by atoms with Crippen molar-refractivity contribution in [2.45, 2.75) is 77.6 Å². The van der Waals surface area contributed by atoms with Gasteiger partial charge in [0.05, 0.1) is 0 Å². The molecule has 1 saturated heterocycles. The second kappa shape index (κ2) is 15.7. The first kappa shape index (κ1) is 28.4. The van der Waals surface area contributed by atoms with Gasteiger partial charge in [0.15, 0.2) is 0 Å². The minimum atomic E-state index is 0.558. The monoisotopic (exact) mass is 514 g/mol. The van der Waals surface area contributed by atoms with Gasteiger partial charge < -0.3 is 26.6 Å². The molecule has 0 amide bonds. The quantitative estimate of drug-likeness (QED) is 0.277. The van der Waals surface area contributed by atoms with Crippen LogP contribution in [-0.2, 0) is 0 Å². The number of aromatic nitrogens is 2. The zero-order chi connectivity index (χ0) is 25.7. The molecule has 5 N–H and O–H groups in total. The number of nitrogens with one attached hydrogen (secondary N) is 3. The average Bonchev–Trinajstić information content (AvgIpc) is 2.93. The Morgan fingerprint density at radius 2 is 1.43 bits per heavy atom. The molecule has 3 aliphatic rings. The predicted octanol–water partition coefficient (Wildman–Crippen LogP) is 3.96. The zero-order valence-corrected chi connectivity index (χ0v) is 23.5. The number of hydrogen-bond donors (Lipinski definition) is 4. The third-order valence-corrected chi connectivity index (χ3v) is 8.78. The Morgan fingerprint density at radius 1 is 0.811 bits per heavy atom. The van der Waals surface area contributed by atoms with E-state index in [-0.39, 0.29) is 0 Å². The Hall–Kier alpha value is -1.64. The van der Waals surface area contributed by atoms with E-state index in [0.29, 0.717) is 17.7 Å². The van der Waals surface area contributed by atoms with E-state index in [4.69, 9.17) is 10.7 Å². The third kappa shape index (κ3) is 9.88. The van der Waals surface area contributed by atoms with Gasteiger partial charge in [-0.25, -0.2) is 0 Å². The van der Waals surface area contributed by atoms with E-state index >= 15 is 0 Å². The molecule has 0 bridgehead atoms. The minimum Gasteiger partial charge on any atom is -0.383 e. The molecule has 2 saturated carbocycles. The fourth-order valence-electron chi connectivity index (χ4n) is 6.43. The summed E-state index contributed by atoms with van der Waals surface area (Å²) < 4.78 is 0. The van der Waals surface area contributed by atoms with Crippen LogP contribution >= 0.6 is 0 Å². The van der Waals surface area contributed by atoms with Crippen molar-refractivity contribution in [2.75, 3.05) is 81.4 Å². The number of piperazine rings is 1. The molecule has 4 rings (SSSR count). The molecule has 0 unspecified atom stereocenters. The summed E-state index contributed by atoms with van der Waals surface area (Å²) >= 11 is 0. The lowest BCUT2D eigenvalue weighted by Crippen LogP contribution is -2.46. The van der Waals surface area contributed by atoms with Gasteiger partial charge in [0.1, 0.15) is 11.6 Å². The van der Waals surface area contributed by atoms with Crippen molar-refractivity contribution in [3.8, 4) is 0 Å². The van der Waals surface area contributed by atoms with Crippen LogP contribution in [0.1, 0.15) is 77.6 Å². The number of nitrogens with two attached hydrogens (primary N) is 1. The van der Waals surface area contributed by atoms with E-state index < -0.39 is 0 Å². The molecule has 0 spiro atoms. The van der Waals surface area contributed by atoms with Gasteiger partial charge in [-0.2, -0.15) is 9.97 Å². The Morgan fingerprint density at radius 3 is 2.08 bits per heavy atom. The number of nitrogen functional groups attached to an aromatic ring is 1. The lowest BCUT2D eigenvalue weighted by atomic mass is 9.82. The standard InChI is InChI=1S/C29H54N8/c1-2-15-36-16-18-37(19-17-36)28-20-27(30)34-29(35-28)33-23-26-11-9-25(10-12-26)22-32-14-6-13-31-21-24-7-4-3-5-8-24/h20,24-26,31-32H,2-19,21-23H2,1H3,(H3,30,33,34,35). The highest BCUT2D eigenvalue weighted by Crippen LogP contribution is 2.29. The molecular weight excluding hydrogens is 460 g/mol. The minimum absolute atomic E-state index is 0.558. The number of rotatable bonds is 14. The van der Waals surface area contributed by atoms with Gasteiger partial charge in [-0.05, 0) is 102 Å². The Balaban J connectivity index is 1.06. The van der Waals surface area contributed by atoms with E-state index in [0.717, 1.165) is 63.5 Å². The largest absolute Gasteiger partial charge is 0.383 e. The maximum Gasteiger partial charge on any atom is 0.226 e. The van der Waals surface area contributed by atoms with Crippen molar-refractivity contribution in [1.82, 2.24) is 25.5 Å². The van der Waals surface area contributed by atoms with Gasteiger partial charge in [0.25, 0.3) is 0 Å². The molecule has 37 heavy (non-hydrogen) atoms. The van der Waals surface area contributed by atoms with Gasteiger partial charge in [0.2, 0.25) is 5.95 Å². The summed E-state index contributed by atoms with van der Waals surface area (Å²) in [5.74, 6) is 4.67. The fraction of sp³-hybridized carbons (Fsp3) is 0.862. The van der Waals surface area contributed by atoms with Gasteiger partial charge in [-0.15, -0.1) is 0 Å². The summed E-state index contributed by atoms with van der Waals surface area (Å²) in [6.07, 6.45) is 14.9. The van der Waals surface area contributed by atoms with Gasteiger partial charge in [-0.3, -0.25) is 4.90 Å². The second-order valence-corrected chi connectivity index (χ2v) is 11.8. The van der Waals surface area contributed by atoms with Crippen molar-refractivity contribution < 1.29 is 0 Å². The SMILES string of the molecule is CCCN1CCN(c2cc(N)nc(NCC3CCC(CNCCCNCC4CCCCC4)CC3)n2)CC1. The second-order valence-electron chi connectivity index (χ2n) is 11.8. The smallest absolute Gasteiger partial charge is 0.226 e. The molecule has 3 fully saturated rings. The predicted molar refractivity (Wildman–Crippen MR) is 156 cm³/mol. The molecule has 2 aliphatic carbocycles. The molecule has 0 radical (unpaired) electrons.